The van der Waals surface area contributed by atoms with E-state index in [1.54, 1.807) is 56.3 Å². The van der Waals surface area contributed by atoms with E-state index >= 15 is 0 Å². The number of rotatable bonds is 6. The molecule has 2 N–H and O–H groups in total. The number of carboxylic acid groups (broad SMARTS) is 2. The molecule has 1 atom stereocenters. The van der Waals surface area contributed by atoms with Crippen molar-refractivity contribution < 1.29 is 29.0 Å². The van der Waals surface area contributed by atoms with E-state index in [-0.39, 0.29) is 16.9 Å². The minimum absolute atomic E-state index is 0.0840. The van der Waals surface area contributed by atoms with Gasteiger partial charge >= 0.3 is 17.6 Å². The van der Waals surface area contributed by atoms with E-state index in [2.05, 4.69) is 0 Å². The van der Waals surface area contributed by atoms with Crippen LogP contribution in [0, 0.1) is 13.8 Å². The Morgan fingerprint density at radius 1 is 1.04 bits per heavy atom. The largest absolute Gasteiger partial charge is 0.481 e. The summed E-state index contributed by atoms with van der Waals surface area (Å²) < 4.78 is 11.1. The molecule has 0 unspecified atom stereocenters. The molecule has 3 aromatic rings. The Morgan fingerprint density at radius 3 is 2.32 bits per heavy atom. The molecule has 7 heteroatoms. The molecule has 0 bridgehead atoms. The summed E-state index contributed by atoms with van der Waals surface area (Å²) in [6, 6.07) is 11.7. The topological polar surface area (TPSA) is 114 Å². The van der Waals surface area contributed by atoms with Crippen LogP contribution in [0.3, 0.4) is 0 Å². The number of benzene rings is 2. The van der Waals surface area contributed by atoms with E-state index in [1.165, 1.54) is 0 Å². The molecule has 0 fully saturated rings. The highest BCUT2D eigenvalue weighted by atomic mass is 16.5. The minimum atomic E-state index is -1.23. The van der Waals surface area contributed by atoms with Crippen LogP contribution in [0.25, 0.3) is 11.0 Å². The van der Waals surface area contributed by atoms with Gasteiger partial charge in [-0.25, -0.2) is 9.59 Å². The zero-order valence-corrected chi connectivity index (χ0v) is 15.3. The predicted molar refractivity (Wildman–Crippen MR) is 101 cm³/mol. The maximum absolute atomic E-state index is 12.2. The molecule has 144 valence electrons. The number of carboxylic acids is 2. The highest BCUT2D eigenvalue weighted by Gasteiger charge is 2.24. The Labute approximate surface area is 159 Å². The van der Waals surface area contributed by atoms with Gasteiger partial charge in [-0.2, -0.15) is 0 Å². The zero-order valence-electron chi connectivity index (χ0n) is 15.3. The van der Waals surface area contributed by atoms with Crippen LogP contribution in [-0.2, 0) is 16.0 Å². The third kappa shape index (κ3) is 3.59. The molecule has 1 heterocycles. The molecule has 0 aliphatic rings. The molecule has 3 rings (SSSR count). The Morgan fingerprint density at radius 2 is 1.71 bits per heavy atom. The summed E-state index contributed by atoms with van der Waals surface area (Å²) in [5.74, 6) is -2.02. The van der Waals surface area contributed by atoms with Gasteiger partial charge in [-0.15, -0.1) is 0 Å². The van der Waals surface area contributed by atoms with Crippen molar-refractivity contribution in [2.45, 2.75) is 26.4 Å². The lowest BCUT2D eigenvalue weighted by Crippen LogP contribution is -2.19. The van der Waals surface area contributed by atoms with Crippen molar-refractivity contribution in [1.82, 2.24) is 0 Å². The highest BCUT2D eigenvalue weighted by Crippen LogP contribution is 2.32. The Kier molecular flexibility index (Phi) is 5.17. The minimum Gasteiger partial charge on any atom is -0.481 e. The van der Waals surface area contributed by atoms with Crippen LogP contribution in [0.2, 0.25) is 0 Å². The number of ether oxygens (including phenoxy) is 1. The molecule has 0 radical (unpaired) electrons. The van der Waals surface area contributed by atoms with E-state index in [4.69, 9.17) is 14.3 Å². The Hall–Kier alpha value is -3.61. The number of aliphatic carboxylic acids is 2. The fourth-order valence-corrected chi connectivity index (χ4v) is 3.07. The summed E-state index contributed by atoms with van der Waals surface area (Å²) in [6.07, 6.45) is -1.66. The second-order valence-corrected chi connectivity index (χ2v) is 6.38. The lowest BCUT2D eigenvalue weighted by Gasteiger charge is -2.18. The quantitative estimate of drug-likeness (QED) is 0.629. The fraction of sp³-hybridized carbons (Fsp3) is 0.190. The summed E-state index contributed by atoms with van der Waals surface area (Å²) >= 11 is 0. The van der Waals surface area contributed by atoms with Gasteiger partial charge in [-0.05, 0) is 31.5 Å². The van der Waals surface area contributed by atoms with Crippen molar-refractivity contribution in [3.63, 3.8) is 0 Å². The molecule has 0 aliphatic carbocycles. The molecule has 0 saturated heterocycles. The standard InChI is InChI=1S/C21H18O7/c1-11-14-8-9-16(27-19(20(24)25)13-6-4-3-5-7-13)12(2)18(14)28-21(26)15(11)10-17(22)23/h3-9,19H,10H2,1-2H3,(H,22,23)(H,24,25)/t19-/m0/s1. The predicted octanol–water partition coefficient (Wildman–Crippen LogP) is 3.24. The normalized spacial score (nSPS) is 11.9. The molecular formula is C21H18O7. The second-order valence-electron chi connectivity index (χ2n) is 6.38. The molecular weight excluding hydrogens is 364 g/mol. The first kappa shape index (κ1) is 19.2. The van der Waals surface area contributed by atoms with Gasteiger partial charge in [0, 0.05) is 16.5 Å². The third-order valence-electron chi connectivity index (χ3n) is 4.55. The average Bonchev–Trinajstić information content (AvgIpc) is 2.65. The first-order valence-electron chi connectivity index (χ1n) is 8.51. The lowest BCUT2D eigenvalue weighted by molar-refractivity contribution is -0.145. The Balaban J connectivity index is 2.08. The maximum atomic E-state index is 12.2. The zero-order chi connectivity index (χ0) is 20.4. The van der Waals surface area contributed by atoms with Crippen molar-refractivity contribution >= 4 is 22.9 Å². The first-order valence-corrected chi connectivity index (χ1v) is 8.51. The van der Waals surface area contributed by atoms with Crippen LogP contribution < -0.4 is 10.4 Å². The number of fused-ring (bicyclic) bond motifs is 1. The van der Waals surface area contributed by atoms with Gasteiger partial charge in [0.15, 0.2) is 0 Å². The van der Waals surface area contributed by atoms with Crippen LogP contribution in [0.4, 0.5) is 0 Å². The monoisotopic (exact) mass is 382 g/mol. The van der Waals surface area contributed by atoms with E-state index in [9.17, 15) is 19.5 Å². The second kappa shape index (κ2) is 7.56. The van der Waals surface area contributed by atoms with Crippen LogP contribution in [0.5, 0.6) is 5.75 Å². The fourth-order valence-electron chi connectivity index (χ4n) is 3.07. The summed E-state index contributed by atoms with van der Waals surface area (Å²) in [5, 5.41) is 19.1. The van der Waals surface area contributed by atoms with Crippen molar-refractivity contribution in [2.75, 3.05) is 0 Å². The number of hydrogen-bond donors (Lipinski definition) is 2. The number of carbonyl (C=O) groups is 2. The molecule has 0 saturated carbocycles. The van der Waals surface area contributed by atoms with Gasteiger partial charge in [-0.1, -0.05) is 30.3 Å². The van der Waals surface area contributed by atoms with E-state index < -0.39 is 30.1 Å². The van der Waals surface area contributed by atoms with Gasteiger partial charge < -0.3 is 19.4 Å². The first-order chi connectivity index (χ1) is 13.3. The third-order valence-corrected chi connectivity index (χ3v) is 4.55. The number of aryl methyl sites for hydroxylation is 2. The molecule has 7 nitrogen and oxygen atoms in total. The molecule has 0 aliphatic heterocycles. The van der Waals surface area contributed by atoms with Crippen LogP contribution in [-0.4, -0.2) is 22.2 Å². The Bertz CT molecular complexity index is 1110. The van der Waals surface area contributed by atoms with Crippen LogP contribution in [0.1, 0.15) is 28.4 Å². The summed E-state index contributed by atoms with van der Waals surface area (Å²) in [7, 11) is 0. The van der Waals surface area contributed by atoms with E-state index in [0.717, 1.165) is 0 Å². The van der Waals surface area contributed by atoms with Crippen molar-refractivity contribution in [1.29, 1.82) is 0 Å². The van der Waals surface area contributed by atoms with Crippen LogP contribution >= 0.6 is 0 Å². The molecule has 1 aromatic heterocycles. The maximum Gasteiger partial charge on any atom is 0.349 e. The van der Waals surface area contributed by atoms with Crippen LogP contribution in [0.15, 0.2) is 51.7 Å². The summed E-state index contributed by atoms with van der Waals surface area (Å²) in [6.45, 7) is 3.31. The lowest BCUT2D eigenvalue weighted by atomic mass is 10.0. The molecule has 28 heavy (non-hydrogen) atoms. The SMILES string of the molecule is Cc1c(CC(=O)O)c(=O)oc2c(C)c(O[C@H](C(=O)O)c3ccccc3)ccc12. The highest BCUT2D eigenvalue weighted by molar-refractivity contribution is 5.87. The summed E-state index contributed by atoms with van der Waals surface area (Å²) in [4.78, 5) is 34.9. The van der Waals surface area contributed by atoms with Gasteiger partial charge in [0.05, 0.1) is 12.0 Å². The van der Waals surface area contributed by atoms with Gasteiger partial charge in [0.25, 0.3) is 0 Å². The molecule has 2 aromatic carbocycles. The van der Waals surface area contributed by atoms with Crippen molar-refractivity contribution in [3.8, 4) is 5.75 Å². The van der Waals surface area contributed by atoms with Gasteiger partial charge in [0.2, 0.25) is 6.10 Å². The van der Waals surface area contributed by atoms with E-state index in [0.29, 0.717) is 22.1 Å². The molecule has 0 spiro atoms. The van der Waals surface area contributed by atoms with Gasteiger partial charge in [0.1, 0.15) is 11.3 Å². The summed E-state index contributed by atoms with van der Waals surface area (Å²) in [5.41, 5.74) is 1.05. The van der Waals surface area contributed by atoms with E-state index in [1.807, 2.05) is 0 Å². The van der Waals surface area contributed by atoms with Gasteiger partial charge in [-0.3, -0.25) is 4.79 Å². The molecule has 0 amide bonds. The smallest absolute Gasteiger partial charge is 0.349 e. The number of hydrogen-bond acceptors (Lipinski definition) is 5. The average molecular weight is 382 g/mol. The van der Waals surface area contributed by atoms with Crippen molar-refractivity contribution in [3.05, 3.63) is 75.1 Å². The van der Waals surface area contributed by atoms with Crippen molar-refractivity contribution in [2.24, 2.45) is 0 Å².